The smallest absolute Gasteiger partial charge is 0.260 e. The Morgan fingerprint density at radius 2 is 1.85 bits per heavy atom. The Labute approximate surface area is 151 Å². The molecular weight excluding hydrogens is 339 g/mol. The van der Waals surface area contributed by atoms with Crippen LogP contribution in [0.3, 0.4) is 0 Å². The molecular formula is C19H21FN2O4. The molecule has 2 rings (SSSR count). The number of hydrogen-bond acceptors (Lipinski definition) is 4. The first-order valence-corrected chi connectivity index (χ1v) is 8.12. The van der Waals surface area contributed by atoms with Crippen LogP contribution in [0.1, 0.15) is 6.92 Å². The number of nitrogens with zero attached hydrogens (tertiary/aromatic N) is 1. The Bertz CT molecular complexity index is 749. The van der Waals surface area contributed by atoms with E-state index in [1.807, 2.05) is 0 Å². The summed E-state index contributed by atoms with van der Waals surface area (Å²) in [6.45, 7) is 1.74. The van der Waals surface area contributed by atoms with Crippen LogP contribution < -0.4 is 14.8 Å². The number of nitrogens with one attached hydrogen (secondary N) is 1. The number of halogens is 1. The molecule has 0 radical (unpaired) electrons. The molecule has 2 amide bonds. The maximum Gasteiger partial charge on any atom is 0.260 e. The van der Waals surface area contributed by atoms with E-state index in [9.17, 15) is 14.0 Å². The summed E-state index contributed by atoms with van der Waals surface area (Å²) in [7, 11) is 1.56. The first kappa shape index (κ1) is 19.2. The van der Waals surface area contributed by atoms with E-state index in [1.54, 1.807) is 44.4 Å². The number of rotatable bonds is 8. The Kier molecular flexibility index (Phi) is 6.96. The van der Waals surface area contributed by atoms with Gasteiger partial charge in [0, 0.05) is 18.3 Å². The van der Waals surface area contributed by atoms with Crippen molar-refractivity contribution in [2.24, 2.45) is 0 Å². The highest BCUT2D eigenvalue weighted by Crippen LogP contribution is 2.15. The summed E-state index contributed by atoms with van der Waals surface area (Å²) in [5.74, 6) is -0.182. The number of anilines is 1. The zero-order valence-corrected chi connectivity index (χ0v) is 14.7. The molecule has 0 aromatic heterocycles. The van der Waals surface area contributed by atoms with Crippen molar-refractivity contribution >= 4 is 17.5 Å². The van der Waals surface area contributed by atoms with Crippen LogP contribution in [0.4, 0.5) is 10.1 Å². The predicted octanol–water partition coefficient (Wildman–Crippen LogP) is 2.70. The van der Waals surface area contributed by atoms with Gasteiger partial charge in [-0.05, 0) is 43.3 Å². The second-order valence-corrected chi connectivity index (χ2v) is 5.43. The molecule has 6 nitrogen and oxygen atoms in total. The molecule has 0 aliphatic rings. The summed E-state index contributed by atoms with van der Waals surface area (Å²) < 4.78 is 23.4. The number of methoxy groups -OCH3 is 1. The van der Waals surface area contributed by atoms with Gasteiger partial charge in [-0.25, -0.2) is 4.39 Å². The molecule has 2 aromatic carbocycles. The van der Waals surface area contributed by atoms with Gasteiger partial charge in [-0.3, -0.25) is 9.59 Å². The van der Waals surface area contributed by atoms with E-state index in [2.05, 4.69) is 5.32 Å². The highest BCUT2D eigenvalue weighted by molar-refractivity contribution is 5.94. The highest BCUT2D eigenvalue weighted by Gasteiger charge is 2.16. The van der Waals surface area contributed by atoms with Gasteiger partial charge in [0.2, 0.25) is 5.91 Å². The van der Waals surface area contributed by atoms with E-state index >= 15 is 0 Å². The zero-order valence-electron chi connectivity index (χ0n) is 14.7. The maximum atomic E-state index is 13.1. The van der Waals surface area contributed by atoms with E-state index in [-0.39, 0.29) is 30.7 Å². The molecule has 0 fully saturated rings. The third-order valence-corrected chi connectivity index (χ3v) is 3.60. The topological polar surface area (TPSA) is 67.9 Å². The predicted molar refractivity (Wildman–Crippen MR) is 95.8 cm³/mol. The van der Waals surface area contributed by atoms with Crippen LogP contribution in [0.15, 0.2) is 48.5 Å². The van der Waals surface area contributed by atoms with E-state index in [0.29, 0.717) is 18.0 Å². The Morgan fingerprint density at radius 3 is 2.46 bits per heavy atom. The average Bonchev–Trinajstić information content (AvgIpc) is 2.65. The third-order valence-electron chi connectivity index (χ3n) is 3.60. The standard InChI is InChI=1S/C19H21FN2O4/c1-3-22(19(24)13-26-17-6-4-5-14(20)11-17)12-18(23)21-15-7-9-16(25-2)10-8-15/h4-11H,3,12-13H2,1-2H3,(H,21,23). The van der Waals surface area contributed by atoms with Gasteiger partial charge in [0.1, 0.15) is 17.3 Å². The van der Waals surface area contributed by atoms with Crippen LogP contribution in [0, 0.1) is 5.82 Å². The second-order valence-electron chi connectivity index (χ2n) is 5.43. The fourth-order valence-corrected chi connectivity index (χ4v) is 2.22. The SMILES string of the molecule is CCN(CC(=O)Nc1ccc(OC)cc1)C(=O)COc1cccc(F)c1. The molecule has 0 saturated heterocycles. The minimum absolute atomic E-state index is 0.103. The molecule has 0 spiro atoms. The average molecular weight is 360 g/mol. The van der Waals surface area contributed by atoms with Crippen LogP contribution in [0.2, 0.25) is 0 Å². The van der Waals surface area contributed by atoms with E-state index < -0.39 is 5.82 Å². The van der Waals surface area contributed by atoms with Gasteiger partial charge in [0.05, 0.1) is 13.7 Å². The van der Waals surface area contributed by atoms with E-state index in [4.69, 9.17) is 9.47 Å². The quantitative estimate of drug-likeness (QED) is 0.786. The van der Waals surface area contributed by atoms with Gasteiger partial charge in [0.25, 0.3) is 5.91 Å². The Morgan fingerprint density at radius 1 is 1.12 bits per heavy atom. The molecule has 26 heavy (non-hydrogen) atoms. The van der Waals surface area contributed by atoms with Crippen LogP contribution in [0.5, 0.6) is 11.5 Å². The van der Waals surface area contributed by atoms with Gasteiger partial charge in [0.15, 0.2) is 6.61 Å². The number of benzene rings is 2. The van der Waals surface area contributed by atoms with Crippen molar-refractivity contribution in [3.05, 3.63) is 54.3 Å². The number of amides is 2. The summed E-state index contributed by atoms with van der Waals surface area (Å²) in [4.78, 5) is 25.7. The minimum atomic E-state index is -0.443. The van der Waals surface area contributed by atoms with Gasteiger partial charge in [-0.15, -0.1) is 0 Å². The minimum Gasteiger partial charge on any atom is -0.497 e. The van der Waals surface area contributed by atoms with Crippen molar-refractivity contribution in [1.82, 2.24) is 4.90 Å². The lowest BCUT2D eigenvalue weighted by molar-refractivity contribution is -0.136. The molecule has 0 heterocycles. The first-order valence-electron chi connectivity index (χ1n) is 8.12. The van der Waals surface area contributed by atoms with Crippen molar-refractivity contribution in [3.63, 3.8) is 0 Å². The molecule has 7 heteroatoms. The van der Waals surface area contributed by atoms with Crippen molar-refractivity contribution in [2.75, 3.05) is 32.1 Å². The number of ether oxygens (including phenoxy) is 2. The molecule has 138 valence electrons. The monoisotopic (exact) mass is 360 g/mol. The second kappa shape index (κ2) is 9.41. The van der Waals surface area contributed by atoms with Crippen molar-refractivity contribution < 1.29 is 23.5 Å². The van der Waals surface area contributed by atoms with Crippen molar-refractivity contribution in [1.29, 1.82) is 0 Å². The van der Waals surface area contributed by atoms with Gasteiger partial charge in [-0.1, -0.05) is 6.07 Å². The fraction of sp³-hybridized carbons (Fsp3) is 0.263. The summed E-state index contributed by atoms with van der Waals surface area (Å²) >= 11 is 0. The number of likely N-dealkylation sites (N-methyl/N-ethyl adjacent to an activating group) is 1. The number of hydrogen-bond donors (Lipinski definition) is 1. The van der Waals surface area contributed by atoms with Crippen LogP contribution >= 0.6 is 0 Å². The molecule has 0 unspecified atom stereocenters. The largest absolute Gasteiger partial charge is 0.497 e. The van der Waals surface area contributed by atoms with Crippen LogP contribution in [-0.2, 0) is 9.59 Å². The Balaban J connectivity index is 1.86. The lowest BCUT2D eigenvalue weighted by atomic mass is 10.3. The maximum absolute atomic E-state index is 13.1. The van der Waals surface area contributed by atoms with Crippen molar-refractivity contribution in [3.8, 4) is 11.5 Å². The molecule has 0 atom stereocenters. The number of carbonyl (C=O) groups is 2. The van der Waals surface area contributed by atoms with Gasteiger partial charge >= 0.3 is 0 Å². The summed E-state index contributed by atoms with van der Waals surface area (Å²) in [6, 6.07) is 12.4. The third kappa shape index (κ3) is 5.77. The van der Waals surface area contributed by atoms with E-state index in [1.165, 1.54) is 23.1 Å². The Hall–Kier alpha value is -3.09. The highest BCUT2D eigenvalue weighted by atomic mass is 19.1. The normalized spacial score (nSPS) is 10.1. The first-order chi connectivity index (χ1) is 12.5. The van der Waals surface area contributed by atoms with E-state index in [0.717, 1.165) is 0 Å². The lowest BCUT2D eigenvalue weighted by Crippen LogP contribution is -2.40. The summed E-state index contributed by atoms with van der Waals surface area (Å²) in [5.41, 5.74) is 0.607. The zero-order chi connectivity index (χ0) is 18.9. The molecule has 1 N–H and O–H groups in total. The lowest BCUT2D eigenvalue weighted by Gasteiger charge is -2.20. The number of carbonyl (C=O) groups excluding carboxylic acids is 2. The molecule has 0 aliphatic carbocycles. The van der Waals surface area contributed by atoms with Crippen LogP contribution in [0.25, 0.3) is 0 Å². The van der Waals surface area contributed by atoms with Crippen LogP contribution in [-0.4, -0.2) is 43.5 Å². The van der Waals surface area contributed by atoms with Crippen molar-refractivity contribution in [2.45, 2.75) is 6.92 Å². The molecule has 2 aromatic rings. The fourth-order valence-electron chi connectivity index (χ4n) is 2.22. The molecule has 0 aliphatic heterocycles. The summed E-state index contributed by atoms with van der Waals surface area (Å²) in [6.07, 6.45) is 0. The summed E-state index contributed by atoms with van der Waals surface area (Å²) in [5, 5.41) is 2.72. The molecule has 0 saturated carbocycles. The van der Waals surface area contributed by atoms with Gasteiger partial charge < -0.3 is 19.7 Å². The van der Waals surface area contributed by atoms with Gasteiger partial charge in [-0.2, -0.15) is 0 Å². The molecule has 0 bridgehead atoms.